The predicted octanol–water partition coefficient (Wildman–Crippen LogP) is 1.26. The van der Waals surface area contributed by atoms with Crippen LogP contribution in [0.4, 0.5) is 0 Å². The van der Waals surface area contributed by atoms with E-state index in [2.05, 4.69) is 18.7 Å². The van der Waals surface area contributed by atoms with Crippen LogP contribution >= 0.6 is 11.8 Å². The average Bonchev–Trinajstić information content (AvgIpc) is 1.74. The minimum absolute atomic E-state index is 0.833. The van der Waals surface area contributed by atoms with E-state index < -0.39 is 0 Å². The molecule has 2 aliphatic rings. The highest BCUT2D eigenvalue weighted by Gasteiger charge is 2.67. The molecule has 0 spiro atoms. The Labute approximate surface area is 35.9 Å². The molecule has 1 aliphatic carbocycles. The first-order valence-electron chi connectivity index (χ1n) is 1.99. The van der Waals surface area contributed by atoms with Crippen LogP contribution in [0, 0.1) is 0 Å². The highest BCUT2D eigenvalue weighted by atomic mass is 32.2. The van der Waals surface area contributed by atoms with Crippen LogP contribution in [0.5, 0.6) is 0 Å². The van der Waals surface area contributed by atoms with Gasteiger partial charge < -0.3 is 0 Å². The van der Waals surface area contributed by atoms with Crippen LogP contribution in [0.2, 0.25) is 0 Å². The lowest BCUT2D eigenvalue weighted by Crippen LogP contribution is -1.71. The number of hydrogen-bond acceptors (Lipinski definition) is 1. The number of thioether (sulfide) groups is 1. The summed E-state index contributed by atoms with van der Waals surface area (Å²) in [6.07, 6.45) is 1.51. The van der Waals surface area contributed by atoms with Gasteiger partial charge in [0.25, 0.3) is 0 Å². The second-order valence-electron chi connectivity index (χ2n) is 2.12. The Bertz CT molecular complexity index is 71.7. The highest BCUT2D eigenvalue weighted by Crippen LogP contribution is 2.73. The molecule has 1 saturated carbocycles. The summed E-state index contributed by atoms with van der Waals surface area (Å²) in [6.45, 7) is 2.34. The van der Waals surface area contributed by atoms with E-state index in [9.17, 15) is 0 Å². The monoisotopic (exact) mass is 86.0 g/mol. The topological polar surface area (TPSA) is 0 Å². The van der Waals surface area contributed by atoms with Crippen LogP contribution in [-0.2, 0) is 0 Å². The third kappa shape index (κ3) is 0.158. The lowest BCUT2D eigenvalue weighted by molar-refractivity contribution is 1.12. The van der Waals surface area contributed by atoms with Crippen molar-refractivity contribution < 1.29 is 0 Å². The van der Waals surface area contributed by atoms with Crippen molar-refractivity contribution in [3.63, 3.8) is 0 Å². The van der Waals surface area contributed by atoms with Crippen molar-refractivity contribution >= 4 is 11.8 Å². The van der Waals surface area contributed by atoms with Gasteiger partial charge in [-0.2, -0.15) is 0 Å². The van der Waals surface area contributed by atoms with Gasteiger partial charge in [-0.3, -0.25) is 0 Å². The lowest BCUT2D eigenvalue weighted by atomic mass is 10.5. The van der Waals surface area contributed by atoms with Crippen molar-refractivity contribution in [2.24, 2.45) is 0 Å². The fourth-order valence-electron chi connectivity index (χ4n) is 0.591. The fourth-order valence-corrected chi connectivity index (χ4v) is 1.57. The van der Waals surface area contributed by atoms with Crippen molar-refractivity contribution in [1.82, 2.24) is 0 Å². The van der Waals surface area contributed by atoms with Crippen molar-refractivity contribution in [2.45, 2.75) is 23.3 Å². The molecule has 5 heavy (non-hydrogen) atoms. The smallest absolute Gasteiger partial charge is 0.0265 e. The van der Waals surface area contributed by atoms with Crippen LogP contribution in [0.15, 0.2) is 0 Å². The molecule has 0 amide bonds. The normalized spacial score (nSPS) is 70.2. The number of hydrogen-bond donors (Lipinski definition) is 0. The van der Waals surface area contributed by atoms with E-state index in [0.717, 1.165) is 10.00 Å². The molecule has 0 bridgehead atoms. The number of fused-ring (bicyclic) bond motifs is 1. The zero-order valence-corrected chi connectivity index (χ0v) is 4.01. The molecule has 0 aromatic carbocycles. The fraction of sp³-hybridized carbons (Fsp3) is 1.00. The van der Waals surface area contributed by atoms with Gasteiger partial charge in [0.1, 0.15) is 0 Å². The van der Waals surface area contributed by atoms with E-state index in [1.807, 2.05) is 0 Å². The van der Waals surface area contributed by atoms with Gasteiger partial charge in [-0.05, 0) is 13.3 Å². The second-order valence-corrected chi connectivity index (χ2v) is 3.86. The first-order valence-corrected chi connectivity index (χ1v) is 2.87. The van der Waals surface area contributed by atoms with Crippen molar-refractivity contribution in [3.05, 3.63) is 0 Å². The summed E-state index contributed by atoms with van der Waals surface area (Å²) in [7, 11) is 0. The van der Waals surface area contributed by atoms with Crippen LogP contribution in [0.25, 0.3) is 0 Å². The maximum Gasteiger partial charge on any atom is 0.0265 e. The van der Waals surface area contributed by atoms with E-state index in [1.165, 1.54) is 6.42 Å². The summed E-state index contributed by atoms with van der Waals surface area (Å²) < 4.78 is 0.833. The van der Waals surface area contributed by atoms with Gasteiger partial charge >= 0.3 is 0 Å². The highest BCUT2D eigenvalue weighted by molar-refractivity contribution is 8.10. The molecule has 0 aromatic heterocycles. The van der Waals surface area contributed by atoms with E-state index in [-0.39, 0.29) is 0 Å². The minimum Gasteiger partial charge on any atom is -0.149 e. The Balaban J connectivity index is 2.37. The molecule has 0 nitrogen and oxygen atoms in total. The molecular formula is C4H6S. The van der Waals surface area contributed by atoms with Crippen molar-refractivity contribution in [1.29, 1.82) is 0 Å². The molecule has 2 rings (SSSR count). The second kappa shape index (κ2) is 0.379. The molecule has 0 radical (unpaired) electrons. The molecule has 2 atom stereocenters. The molecule has 1 saturated heterocycles. The molecular weight excluding hydrogens is 80.1 g/mol. The molecule has 0 aromatic rings. The standard InChI is InChI=1S/C4H6S/c1-4-2-3(4)5-4/h3H,2H2,1H3. The lowest BCUT2D eigenvalue weighted by Gasteiger charge is -1.78. The Morgan fingerprint density at radius 1 is 2.00 bits per heavy atom. The maximum absolute atomic E-state index is 2.34. The van der Waals surface area contributed by atoms with Gasteiger partial charge in [0.2, 0.25) is 0 Å². The van der Waals surface area contributed by atoms with Crippen molar-refractivity contribution in [3.8, 4) is 0 Å². The van der Waals surface area contributed by atoms with Crippen molar-refractivity contribution in [2.75, 3.05) is 0 Å². The van der Waals surface area contributed by atoms with Gasteiger partial charge in [-0.15, -0.1) is 11.8 Å². The van der Waals surface area contributed by atoms with Crippen LogP contribution < -0.4 is 0 Å². The summed E-state index contributed by atoms with van der Waals surface area (Å²) in [4.78, 5) is 0. The first kappa shape index (κ1) is 2.51. The van der Waals surface area contributed by atoms with Crippen LogP contribution in [-0.4, -0.2) is 10.00 Å². The zero-order chi connectivity index (χ0) is 3.49. The third-order valence-electron chi connectivity index (χ3n) is 1.47. The Hall–Kier alpha value is 0.350. The Morgan fingerprint density at radius 2 is 2.20 bits per heavy atom. The third-order valence-corrected chi connectivity index (χ3v) is 3.17. The molecule has 0 N–H and O–H groups in total. The summed E-state index contributed by atoms with van der Waals surface area (Å²) in [6, 6.07) is 0. The predicted molar refractivity (Wildman–Crippen MR) is 24.4 cm³/mol. The Kier molecular flexibility index (Phi) is 0.190. The van der Waals surface area contributed by atoms with E-state index >= 15 is 0 Å². The molecule has 1 heterocycles. The van der Waals surface area contributed by atoms with Gasteiger partial charge in [-0.25, -0.2) is 0 Å². The van der Waals surface area contributed by atoms with E-state index in [1.54, 1.807) is 0 Å². The summed E-state index contributed by atoms with van der Waals surface area (Å²) in [5, 5.41) is 1.11. The summed E-state index contributed by atoms with van der Waals surface area (Å²) in [5.41, 5.74) is 0. The zero-order valence-electron chi connectivity index (χ0n) is 3.19. The molecule has 2 unspecified atom stereocenters. The van der Waals surface area contributed by atoms with Gasteiger partial charge in [-0.1, -0.05) is 0 Å². The summed E-state index contributed by atoms with van der Waals surface area (Å²) in [5.74, 6) is 0. The van der Waals surface area contributed by atoms with Gasteiger partial charge in [0.05, 0.1) is 0 Å². The SMILES string of the molecule is CC12CC1S2. The van der Waals surface area contributed by atoms with E-state index in [4.69, 9.17) is 0 Å². The Morgan fingerprint density at radius 3 is 2.20 bits per heavy atom. The number of rotatable bonds is 0. The molecule has 2 fully saturated rings. The van der Waals surface area contributed by atoms with E-state index in [0.29, 0.717) is 0 Å². The summed E-state index contributed by atoms with van der Waals surface area (Å²) >= 11 is 2.12. The minimum atomic E-state index is 0.833. The maximum atomic E-state index is 2.34. The molecule has 1 heteroatoms. The van der Waals surface area contributed by atoms with Gasteiger partial charge in [0.15, 0.2) is 0 Å². The molecule has 28 valence electrons. The van der Waals surface area contributed by atoms with Crippen LogP contribution in [0.1, 0.15) is 13.3 Å². The molecule has 1 aliphatic heterocycles. The van der Waals surface area contributed by atoms with Gasteiger partial charge in [0, 0.05) is 10.00 Å². The quantitative estimate of drug-likeness (QED) is 0.400. The average molecular weight is 86.2 g/mol. The largest absolute Gasteiger partial charge is 0.149 e. The van der Waals surface area contributed by atoms with Crippen LogP contribution in [0.3, 0.4) is 0 Å². The first-order chi connectivity index (χ1) is 2.31.